The first-order valence-electron chi connectivity index (χ1n) is 4.25. The van der Waals surface area contributed by atoms with Crippen LogP contribution in [0.2, 0.25) is 5.02 Å². The Morgan fingerprint density at radius 2 is 1.93 bits per heavy atom. The Labute approximate surface area is 90.5 Å². The normalized spacial score (nSPS) is 10.5. The summed E-state index contributed by atoms with van der Waals surface area (Å²) in [7, 11) is 0. The topological polar surface area (TPSA) is 57.5 Å². The van der Waals surface area contributed by atoms with Crippen LogP contribution < -0.4 is 0 Å². The number of phenols is 1. The number of carboxylic acid groups (broad SMARTS) is 1. The number of hydrogen-bond donors (Lipinski definition) is 2. The van der Waals surface area contributed by atoms with Crippen molar-refractivity contribution >= 4 is 28.3 Å². The maximum Gasteiger partial charge on any atom is 0.336 e. The molecule has 3 nitrogen and oxygen atoms in total. The average molecular weight is 223 g/mol. The molecule has 2 N–H and O–H groups in total. The maximum absolute atomic E-state index is 10.9. The van der Waals surface area contributed by atoms with Crippen LogP contribution in [0.5, 0.6) is 5.75 Å². The van der Waals surface area contributed by atoms with Crippen LogP contribution >= 0.6 is 11.6 Å². The fraction of sp³-hybridized carbons (Fsp3) is 0. The molecule has 76 valence electrons. The van der Waals surface area contributed by atoms with Gasteiger partial charge in [-0.1, -0.05) is 23.7 Å². The Morgan fingerprint density at radius 1 is 1.20 bits per heavy atom. The van der Waals surface area contributed by atoms with E-state index in [0.29, 0.717) is 15.8 Å². The number of aromatic carboxylic acids is 1. The minimum Gasteiger partial charge on any atom is -0.507 e. The van der Waals surface area contributed by atoms with Crippen LogP contribution in [0.3, 0.4) is 0 Å². The molecule has 15 heavy (non-hydrogen) atoms. The quantitative estimate of drug-likeness (QED) is 0.780. The average Bonchev–Trinajstić information content (AvgIpc) is 2.17. The largest absolute Gasteiger partial charge is 0.507 e. The van der Waals surface area contributed by atoms with E-state index in [1.54, 1.807) is 18.2 Å². The first-order chi connectivity index (χ1) is 7.11. The van der Waals surface area contributed by atoms with E-state index < -0.39 is 5.97 Å². The third kappa shape index (κ3) is 1.51. The summed E-state index contributed by atoms with van der Waals surface area (Å²) in [4.78, 5) is 10.9. The summed E-state index contributed by atoms with van der Waals surface area (Å²) in [6, 6.07) is 7.56. The van der Waals surface area contributed by atoms with Crippen molar-refractivity contribution < 1.29 is 15.0 Å². The zero-order valence-corrected chi connectivity index (χ0v) is 8.32. The molecule has 0 amide bonds. The Morgan fingerprint density at radius 3 is 2.60 bits per heavy atom. The monoisotopic (exact) mass is 222 g/mol. The molecule has 0 fully saturated rings. The van der Waals surface area contributed by atoms with Gasteiger partial charge in [0.2, 0.25) is 0 Å². The summed E-state index contributed by atoms with van der Waals surface area (Å²) in [5.41, 5.74) is 0.130. The van der Waals surface area contributed by atoms with Crippen molar-refractivity contribution in [3.05, 3.63) is 40.9 Å². The third-order valence-electron chi connectivity index (χ3n) is 2.20. The van der Waals surface area contributed by atoms with Gasteiger partial charge in [-0.3, -0.25) is 0 Å². The third-order valence-corrected chi connectivity index (χ3v) is 2.51. The van der Waals surface area contributed by atoms with Crippen LogP contribution in [0.4, 0.5) is 0 Å². The molecular formula is C11H7ClO3. The summed E-state index contributed by atoms with van der Waals surface area (Å²) in [5, 5.41) is 19.7. The molecule has 0 saturated carbocycles. The number of rotatable bonds is 1. The van der Waals surface area contributed by atoms with E-state index >= 15 is 0 Å². The second kappa shape index (κ2) is 3.44. The number of hydrogen-bond acceptors (Lipinski definition) is 2. The molecule has 0 aliphatic rings. The van der Waals surface area contributed by atoms with E-state index in [9.17, 15) is 9.90 Å². The van der Waals surface area contributed by atoms with Gasteiger partial charge in [0.15, 0.2) is 0 Å². The molecular weight excluding hydrogens is 216 g/mol. The predicted molar refractivity (Wildman–Crippen MR) is 57.6 cm³/mol. The maximum atomic E-state index is 10.9. The highest BCUT2D eigenvalue weighted by Gasteiger charge is 2.12. The number of benzene rings is 2. The molecule has 2 aromatic carbocycles. The van der Waals surface area contributed by atoms with Gasteiger partial charge in [-0.15, -0.1) is 0 Å². The van der Waals surface area contributed by atoms with Crippen molar-refractivity contribution in [1.82, 2.24) is 0 Å². The molecule has 0 spiro atoms. The van der Waals surface area contributed by atoms with Gasteiger partial charge < -0.3 is 10.2 Å². The number of carbonyl (C=O) groups is 1. The molecule has 0 aliphatic heterocycles. The molecule has 0 atom stereocenters. The Hall–Kier alpha value is -1.74. The van der Waals surface area contributed by atoms with E-state index in [2.05, 4.69) is 0 Å². The molecule has 0 unspecified atom stereocenters. The van der Waals surface area contributed by atoms with Gasteiger partial charge in [0, 0.05) is 10.8 Å². The number of fused-ring (bicyclic) bond motifs is 1. The SMILES string of the molecule is O=C(O)c1ccc(O)c2c(Cl)cccc12. The molecule has 2 aromatic rings. The van der Waals surface area contributed by atoms with E-state index in [4.69, 9.17) is 16.7 Å². The second-order valence-electron chi connectivity index (χ2n) is 3.10. The summed E-state index contributed by atoms with van der Waals surface area (Å²) in [6.07, 6.45) is 0. The first-order valence-corrected chi connectivity index (χ1v) is 4.62. The van der Waals surface area contributed by atoms with Gasteiger partial charge in [0.25, 0.3) is 0 Å². The fourth-order valence-electron chi connectivity index (χ4n) is 1.53. The molecule has 4 heteroatoms. The van der Waals surface area contributed by atoms with Crippen LogP contribution in [0.15, 0.2) is 30.3 Å². The highest BCUT2D eigenvalue weighted by atomic mass is 35.5. The van der Waals surface area contributed by atoms with Gasteiger partial charge in [0.05, 0.1) is 10.6 Å². The van der Waals surface area contributed by atoms with Crippen LogP contribution in [-0.4, -0.2) is 16.2 Å². The van der Waals surface area contributed by atoms with Gasteiger partial charge in [-0.2, -0.15) is 0 Å². The highest BCUT2D eigenvalue weighted by molar-refractivity contribution is 6.36. The predicted octanol–water partition coefficient (Wildman–Crippen LogP) is 2.90. The lowest BCUT2D eigenvalue weighted by Gasteiger charge is -2.05. The van der Waals surface area contributed by atoms with Crippen LogP contribution in [-0.2, 0) is 0 Å². The molecule has 0 radical (unpaired) electrons. The molecule has 0 heterocycles. The number of halogens is 1. The van der Waals surface area contributed by atoms with Crippen molar-refractivity contribution in [2.75, 3.05) is 0 Å². The van der Waals surface area contributed by atoms with Gasteiger partial charge in [-0.05, 0) is 18.2 Å². The van der Waals surface area contributed by atoms with Crippen molar-refractivity contribution in [2.24, 2.45) is 0 Å². The van der Waals surface area contributed by atoms with Crippen LogP contribution in [0.1, 0.15) is 10.4 Å². The molecule has 0 aliphatic carbocycles. The lowest BCUT2D eigenvalue weighted by Crippen LogP contribution is -1.97. The lowest BCUT2D eigenvalue weighted by molar-refractivity contribution is 0.0699. The number of aromatic hydroxyl groups is 1. The summed E-state index contributed by atoms with van der Waals surface area (Å²) in [5.74, 6) is -1.05. The van der Waals surface area contributed by atoms with Crippen molar-refractivity contribution in [1.29, 1.82) is 0 Å². The van der Waals surface area contributed by atoms with Crippen LogP contribution in [0, 0.1) is 0 Å². The molecule has 0 saturated heterocycles. The van der Waals surface area contributed by atoms with E-state index in [0.717, 1.165) is 0 Å². The van der Waals surface area contributed by atoms with Gasteiger partial charge in [-0.25, -0.2) is 4.79 Å². The summed E-state index contributed by atoms with van der Waals surface area (Å²) >= 11 is 5.89. The Bertz CT molecular complexity index is 541. The van der Waals surface area contributed by atoms with E-state index in [1.165, 1.54) is 12.1 Å². The second-order valence-corrected chi connectivity index (χ2v) is 3.51. The van der Waals surface area contributed by atoms with E-state index in [-0.39, 0.29) is 11.3 Å². The van der Waals surface area contributed by atoms with Crippen LogP contribution in [0.25, 0.3) is 10.8 Å². The highest BCUT2D eigenvalue weighted by Crippen LogP contribution is 2.33. The van der Waals surface area contributed by atoms with Crippen molar-refractivity contribution in [3.8, 4) is 5.75 Å². The minimum absolute atomic E-state index is 0.0133. The molecule has 0 bridgehead atoms. The Balaban J connectivity index is 2.95. The fourth-order valence-corrected chi connectivity index (χ4v) is 1.80. The van der Waals surface area contributed by atoms with E-state index in [1.807, 2.05) is 0 Å². The zero-order chi connectivity index (χ0) is 11.0. The summed E-state index contributed by atoms with van der Waals surface area (Å²) < 4.78 is 0. The van der Waals surface area contributed by atoms with Gasteiger partial charge >= 0.3 is 5.97 Å². The minimum atomic E-state index is -1.04. The number of carboxylic acids is 1. The van der Waals surface area contributed by atoms with Crippen molar-refractivity contribution in [3.63, 3.8) is 0 Å². The lowest BCUT2D eigenvalue weighted by atomic mass is 10.0. The first kappa shape index (κ1) is 9.80. The van der Waals surface area contributed by atoms with Crippen molar-refractivity contribution in [2.45, 2.75) is 0 Å². The standard InChI is InChI=1S/C11H7ClO3/c12-8-3-1-2-6-7(11(14)15)4-5-9(13)10(6)8/h1-5,13H,(H,14,15). The number of phenolic OH excluding ortho intramolecular Hbond substituents is 1. The van der Waals surface area contributed by atoms with Gasteiger partial charge in [0.1, 0.15) is 5.75 Å². The Kier molecular flexibility index (Phi) is 2.25. The molecule has 2 rings (SSSR count). The summed E-state index contributed by atoms with van der Waals surface area (Å²) in [6.45, 7) is 0. The smallest absolute Gasteiger partial charge is 0.336 e. The molecule has 0 aromatic heterocycles. The zero-order valence-electron chi connectivity index (χ0n) is 7.57.